The number of aliphatic carboxylic acids is 3. The number of aromatic nitrogens is 1. The number of thioether (sulfide) groups is 1. The Morgan fingerprint density at radius 2 is 1.45 bits per heavy atom. The summed E-state index contributed by atoms with van der Waals surface area (Å²) in [6.45, 7) is 4.92. The van der Waals surface area contributed by atoms with Gasteiger partial charge in [0.25, 0.3) is 0 Å². The molecule has 3 aromatic rings. The fraction of sp³-hybridized carbons (Fsp3) is 0.439. The van der Waals surface area contributed by atoms with Crippen molar-refractivity contribution in [3.05, 3.63) is 83.7 Å². The molecule has 2 aromatic carbocycles. The predicted molar refractivity (Wildman–Crippen MR) is 223 cm³/mol. The first-order chi connectivity index (χ1) is 30.9. The van der Waals surface area contributed by atoms with Gasteiger partial charge in [0.1, 0.15) is 24.3 Å². The van der Waals surface area contributed by atoms with Crippen LogP contribution in [-0.4, -0.2) is 138 Å². The number of nitrogens with zero attached hydrogens (tertiary/aromatic N) is 3. The van der Waals surface area contributed by atoms with Crippen molar-refractivity contribution in [1.82, 2.24) is 19.7 Å². The van der Waals surface area contributed by atoms with E-state index < -0.39 is 101 Å². The molecule has 0 aliphatic carbocycles. The zero-order valence-electron chi connectivity index (χ0n) is 35.8. The second-order valence-corrected chi connectivity index (χ2v) is 16.8. The number of aliphatic hydroxyl groups is 1. The van der Waals surface area contributed by atoms with Crippen LogP contribution in [0.15, 0.2) is 60.8 Å². The minimum absolute atomic E-state index is 0.0287. The summed E-state index contributed by atoms with van der Waals surface area (Å²) in [5.74, 6) is -10.2. The standard InChI is InChI=1S/C37H46F2N6O7S.2C2HF3O2/c1-37(2,3)33(29-15-23(25-16-24(38)9-10-26(25)39)19-43(29)18-22-7-5-4-6-8-22)44(32(48)20-46)13-11-27(40)34(49)42-12-14-45-31(47)17-30(35(45)50)53-21-28(41)36(51)52;2*3-2(4,5)1(6)7/h4-10,15-16,19,27-28,30,33,46H,11-14,17-18,20-21,40-41H2,1-3H3,(H,42,49)(H,51,52);2*(H,6,7)/t27-,28-,30?,33-;;/m0../s1. The summed E-state index contributed by atoms with van der Waals surface area (Å²) in [6, 6.07) is 11.3. The van der Waals surface area contributed by atoms with E-state index in [4.69, 9.17) is 36.4 Å². The molecular formula is C41H48F8N6O11S. The van der Waals surface area contributed by atoms with Crippen molar-refractivity contribution >= 4 is 53.3 Å². The van der Waals surface area contributed by atoms with Crippen LogP contribution in [0, 0.1) is 17.0 Å². The van der Waals surface area contributed by atoms with Crippen LogP contribution in [0.25, 0.3) is 11.1 Å². The molecule has 0 saturated carbocycles. The Morgan fingerprint density at radius 1 is 0.881 bits per heavy atom. The molecule has 2 heterocycles. The number of nitrogens with two attached hydrogens (primary N) is 2. The van der Waals surface area contributed by atoms with Crippen LogP contribution in [0.1, 0.15) is 50.9 Å². The van der Waals surface area contributed by atoms with Crippen LogP contribution < -0.4 is 16.8 Å². The summed E-state index contributed by atoms with van der Waals surface area (Å²) >= 11 is 0.990. The highest BCUT2D eigenvalue weighted by Gasteiger charge is 2.41. The molecule has 67 heavy (non-hydrogen) atoms. The van der Waals surface area contributed by atoms with E-state index in [1.807, 2.05) is 55.7 Å². The van der Waals surface area contributed by atoms with E-state index in [1.165, 1.54) is 4.90 Å². The third-order valence-electron chi connectivity index (χ3n) is 9.37. The Balaban J connectivity index is 0.000000952. The molecule has 4 atom stereocenters. The lowest BCUT2D eigenvalue weighted by molar-refractivity contribution is -0.193. The number of benzene rings is 2. The first-order valence-corrected chi connectivity index (χ1v) is 20.6. The summed E-state index contributed by atoms with van der Waals surface area (Å²) in [5, 5.41) is 35.1. The van der Waals surface area contributed by atoms with Crippen LogP contribution in [0.3, 0.4) is 0 Å². The highest BCUT2D eigenvalue weighted by Crippen LogP contribution is 2.41. The number of carboxylic acids is 3. The van der Waals surface area contributed by atoms with Gasteiger partial charge < -0.3 is 46.7 Å². The van der Waals surface area contributed by atoms with Gasteiger partial charge in [-0.1, -0.05) is 51.1 Å². The van der Waals surface area contributed by atoms with Gasteiger partial charge in [-0.05, 0) is 41.7 Å². The zero-order valence-corrected chi connectivity index (χ0v) is 36.6. The molecule has 1 aromatic heterocycles. The SMILES string of the molecule is CC(C)(C)[C@H](c1cc(-c2cc(F)ccc2F)cn1Cc1ccccc1)N(CC[C@H](N)C(=O)NCCN1C(=O)CC(SC[C@H](N)C(=O)O)C1=O)C(=O)CO.O=C(O)C(F)(F)F.O=C(O)C(F)(F)F. The van der Waals surface area contributed by atoms with E-state index in [2.05, 4.69) is 5.32 Å². The largest absolute Gasteiger partial charge is 0.490 e. The summed E-state index contributed by atoms with van der Waals surface area (Å²) < 4.78 is 94.6. The number of rotatable bonds is 17. The van der Waals surface area contributed by atoms with Gasteiger partial charge in [-0.2, -0.15) is 26.3 Å². The van der Waals surface area contributed by atoms with Crippen LogP contribution >= 0.6 is 11.8 Å². The monoisotopic (exact) mass is 984 g/mol. The Hall–Kier alpha value is -6.12. The molecule has 370 valence electrons. The molecule has 0 bridgehead atoms. The average Bonchev–Trinajstić information content (AvgIpc) is 3.75. The van der Waals surface area contributed by atoms with Crippen molar-refractivity contribution in [2.45, 2.75) is 75.9 Å². The van der Waals surface area contributed by atoms with Crippen molar-refractivity contribution in [3.63, 3.8) is 0 Å². The Morgan fingerprint density at radius 3 is 1.96 bits per heavy atom. The summed E-state index contributed by atoms with van der Waals surface area (Å²) in [5.41, 5.74) is 13.0. The molecule has 1 aliphatic rings. The maximum atomic E-state index is 15.0. The molecule has 0 radical (unpaired) electrons. The number of nitrogens with one attached hydrogen (secondary N) is 1. The smallest absolute Gasteiger partial charge is 0.480 e. The number of hydrogen-bond donors (Lipinski definition) is 7. The van der Waals surface area contributed by atoms with E-state index in [9.17, 15) is 59.8 Å². The molecule has 9 N–H and O–H groups in total. The van der Waals surface area contributed by atoms with Crippen LogP contribution in [0.2, 0.25) is 0 Å². The van der Waals surface area contributed by atoms with E-state index in [1.54, 1.807) is 12.3 Å². The molecule has 0 spiro atoms. The number of imide groups is 1. The molecule has 1 aliphatic heterocycles. The van der Waals surface area contributed by atoms with Crippen LogP contribution in [0.4, 0.5) is 35.1 Å². The number of aliphatic hydroxyl groups excluding tert-OH is 1. The van der Waals surface area contributed by atoms with Crippen molar-refractivity contribution in [1.29, 1.82) is 0 Å². The average molecular weight is 985 g/mol. The highest BCUT2D eigenvalue weighted by molar-refractivity contribution is 8.00. The van der Waals surface area contributed by atoms with E-state index >= 15 is 4.39 Å². The first-order valence-electron chi connectivity index (χ1n) is 19.6. The lowest BCUT2D eigenvalue weighted by Gasteiger charge is -2.41. The Labute approximate surface area is 381 Å². The van der Waals surface area contributed by atoms with Crippen molar-refractivity contribution in [2.24, 2.45) is 16.9 Å². The first kappa shape index (κ1) is 57.0. The number of halogens is 8. The topological polar surface area (TPSA) is 276 Å². The van der Waals surface area contributed by atoms with Crippen molar-refractivity contribution in [2.75, 3.05) is 32.0 Å². The second-order valence-electron chi connectivity index (χ2n) is 15.6. The number of amides is 4. The minimum Gasteiger partial charge on any atom is -0.480 e. The molecular weight excluding hydrogens is 937 g/mol. The van der Waals surface area contributed by atoms with Gasteiger partial charge >= 0.3 is 30.3 Å². The Bertz CT molecular complexity index is 2200. The summed E-state index contributed by atoms with van der Waals surface area (Å²) in [4.78, 5) is 82.9. The fourth-order valence-electron chi connectivity index (χ4n) is 6.24. The minimum atomic E-state index is -5.08. The fourth-order valence-corrected chi connectivity index (χ4v) is 7.35. The number of carbonyl (C=O) groups is 7. The van der Waals surface area contributed by atoms with Gasteiger partial charge in [0.15, 0.2) is 0 Å². The van der Waals surface area contributed by atoms with Gasteiger partial charge in [0.05, 0.1) is 17.3 Å². The van der Waals surface area contributed by atoms with Crippen LogP contribution in [-0.2, 0) is 40.1 Å². The number of alkyl halides is 6. The molecule has 26 heteroatoms. The van der Waals surface area contributed by atoms with Crippen LogP contribution in [0.5, 0.6) is 0 Å². The molecule has 1 unspecified atom stereocenters. The maximum Gasteiger partial charge on any atom is 0.490 e. The zero-order chi connectivity index (χ0) is 51.2. The lowest BCUT2D eigenvalue weighted by atomic mass is 9.82. The third kappa shape index (κ3) is 17.6. The van der Waals surface area contributed by atoms with E-state index in [0.717, 1.165) is 40.4 Å². The molecule has 1 saturated heterocycles. The maximum absolute atomic E-state index is 15.0. The van der Waals surface area contributed by atoms with Gasteiger partial charge in [0.2, 0.25) is 23.6 Å². The molecule has 4 amide bonds. The normalized spacial score (nSPS) is 15.3. The quantitative estimate of drug-likeness (QED) is 0.0750. The highest BCUT2D eigenvalue weighted by atomic mass is 32.2. The van der Waals surface area contributed by atoms with Crippen molar-refractivity contribution in [3.8, 4) is 11.1 Å². The van der Waals surface area contributed by atoms with E-state index in [0.29, 0.717) is 17.8 Å². The second kappa shape index (κ2) is 24.6. The van der Waals surface area contributed by atoms with Crippen molar-refractivity contribution < 1.29 is 89.1 Å². The van der Waals surface area contributed by atoms with Gasteiger partial charge in [-0.3, -0.25) is 28.9 Å². The number of likely N-dealkylation sites (tertiary alicyclic amines) is 1. The van der Waals surface area contributed by atoms with Gasteiger partial charge in [-0.15, -0.1) is 11.8 Å². The predicted octanol–water partition coefficient (Wildman–Crippen LogP) is 3.76. The number of carboxylic acid groups (broad SMARTS) is 3. The molecule has 4 rings (SSSR count). The Kier molecular flexibility index (Phi) is 20.9. The number of hydrogen-bond acceptors (Lipinski definition) is 11. The lowest BCUT2D eigenvalue weighted by Crippen LogP contribution is -2.48. The van der Waals surface area contributed by atoms with Gasteiger partial charge in [-0.25, -0.2) is 18.4 Å². The van der Waals surface area contributed by atoms with Gasteiger partial charge in [0, 0.05) is 61.4 Å². The number of carbonyl (C=O) groups excluding carboxylic acids is 4. The molecule has 1 fully saturated rings. The molecule has 17 nitrogen and oxygen atoms in total. The summed E-state index contributed by atoms with van der Waals surface area (Å²) in [6.07, 6.45) is -8.61. The third-order valence-corrected chi connectivity index (χ3v) is 10.7. The summed E-state index contributed by atoms with van der Waals surface area (Å²) in [7, 11) is 0. The van der Waals surface area contributed by atoms with E-state index in [-0.39, 0.29) is 43.8 Å².